The van der Waals surface area contributed by atoms with Crippen LogP contribution in [-0.2, 0) is 16.6 Å². The van der Waals surface area contributed by atoms with Gasteiger partial charge in [-0.15, -0.1) is 0 Å². The molecule has 162 valence electrons. The summed E-state index contributed by atoms with van der Waals surface area (Å²) in [5.41, 5.74) is 3.63. The average Bonchev–Trinajstić information content (AvgIpc) is 3.24. The van der Waals surface area contributed by atoms with E-state index >= 15 is 0 Å². The van der Waals surface area contributed by atoms with Crippen molar-refractivity contribution in [1.29, 1.82) is 0 Å². The predicted octanol–water partition coefficient (Wildman–Crippen LogP) is 2.69. The molecule has 1 saturated heterocycles. The highest BCUT2D eigenvalue weighted by Crippen LogP contribution is 2.21. The molecule has 0 spiro atoms. The highest BCUT2D eigenvalue weighted by Gasteiger charge is 2.31. The normalized spacial score (nSPS) is 15.2. The van der Waals surface area contributed by atoms with Crippen LogP contribution in [0.1, 0.15) is 27.0 Å². The van der Waals surface area contributed by atoms with Gasteiger partial charge in [0.2, 0.25) is 10.0 Å². The monoisotopic (exact) mass is 438 g/mol. The molecule has 3 aromatic rings. The summed E-state index contributed by atoms with van der Waals surface area (Å²) in [6.45, 7) is 5.72. The van der Waals surface area contributed by atoms with Crippen molar-refractivity contribution in [3.05, 3.63) is 83.2 Å². The van der Waals surface area contributed by atoms with Crippen molar-refractivity contribution in [2.24, 2.45) is 0 Å². The molecule has 0 bridgehead atoms. The van der Waals surface area contributed by atoms with Crippen LogP contribution in [0.4, 0.5) is 0 Å². The van der Waals surface area contributed by atoms with E-state index in [4.69, 9.17) is 0 Å². The molecule has 1 aliphatic rings. The maximum absolute atomic E-state index is 13.0. The first-order valence-corrected chi connectivity index (χ1v) is 11.7. The van der Waals surface area contributed by atoms with Crippen LogP contribution < -0.4 is 0 Å². The Bertz CT molecular complexity index is 1180. The summed E-state index contributed by atoms with van der Waals surface area (Å²) in [7, 11) is -3.57. The fourth-order valence-electron chi connectivity index (χ4n) is 3.67. The molecule has 2 heterocycles. The van der Waals surface area contributed by atoms with Gasteiger partial charge < -0.3 is 4.90 Å². The molecule has 2 aromatic carbocycles. The lowest BCUT2D eigenvalue weighted by atomic mass is 10.1. The minimum absolute atomic E-state index is 0.123. The summed E-state index contributed by atoms with van der Waals surface area (Å²) < 4.78 is 29.2. The summed E-state index contributed by atoms with van der Waals surface area (Å²) in [5.74, 6) is -0.123. The Morgan fingerprint density at radius 1 is 0.968 bits per heavy atom. The van der Waals surface area contributed by atoms with Crippen molar-refractivity contribution in [3.63, 3.8) is 0 Å². The average molecular weight is 439 g/mol. The van der Waals surface area contributed by atoms with Gasteiger partial charge in [0.25, 0.3) is 5.91 Å². The number of piperazine rings is 1. The number of carbonyl (C=O) groups is 1. The fourth-order valence-corrected chi connectivity index (χ4v) is 5.18. The lowest BCUT2D eigenvalue weighted by Crippen LogP contribution is -2.50. The largest absolute Gasteiger partial charge is 0.336 e. The molecule has 1 aromatic heterocycles. The summed E-state index contributed by atoms with van der Waals surface area (Å²) in [5, 5.41) is 4.30. The molecule has 0 aliphatic carbocycles. The van der Waals surface area contributed by atoms with Crippen LogP contribution in [0, 0.1) is 13.8 Å². The van der Waals surface area contributed by atoms with E-state index in [2.05, 4.69) is 5.10 Å². The zero-order valence-electron chi connectivity index (χ0n) is 17.7. The van der Waals surface area contributed by atoms with Crippen LogP contribution in [0.25, 0.3) is 0 Å². The summed E-state index contributed by atoms with van der Waals surface area (Å²) in [6.07, 6.45) is 3.32. The molecular weight excluding hydrogens is 412 g/mol. The van der Waals surface area contributed by atoms with E-state index in [1.165, 1.54) is 4.31 Å². The number of benzene rings is 2. The molecule has 0 radical (unpaired) electrons. The fraction of sp³-hybridized carbons (Fsp3) is 0.304. The highest BCUT2D eigenvalue weighted by molar-refractivity contribution is 7.89. The van der Waals surface area contributed by atoms with Gasteiger partial charge in [-0.2, -0.15) is 9.40 Å². The summed E-state index contributed by atoms with van der Waals surface area (Å²) in [6, 6.07) is 15.1. The Hall–Kier alpha value is -2.97. The molecule has 7 nitrogen and oxygen atoms in total. The zero-order chi connectivity index (χ0) is 22.0. The Balaban J connectivity index is 1.39. The third-order valence-corrected chi connectivity index (χ3v) is 7.60. The number of aromatic nitrogens is 2. The molecule has 1 fully saturated rings. The quantitative estimate of drug-likeness (QED) is 0.614. The lowest BCUT2D eigenvalue weighted by Gasteiger charge is -2.33. The van der Waals surface area contributed by atoms with Crippen molar-refractivity contribution in [2.45, 2.75) is 25.3 Å². The molecule has 0 unspecified atom stereocenters. The van der Waals surface area contributed by atoms with Gasteiger partial charge in [0, 0.05) is 32.4 Å². The first-order chi connectivity index (χ1) is 14.8. The first kappa shape index (κ1) is 21.3. The molecule has 31 heavy (non-hydrogen) atoms. The predicted molar refractivity (Wildman–Crippen MR) is 118 cm³/mol. The lowest BCUT2D eigenvalue weighted by molar-refractivity contribution is 0.0698. The third-order valence-electron chi connectivity index (χ3n) is 5.71. The topological polar surface area (TPSA) is 75.5 Å². The van der Waals surface area contributed by atoms with Gasteiger partial charge in [-0.25, -0.2) is 8.42 Å². The van der Waals surface area contributed by atoms with E-state index in [1.807, 2.05) is 50.2 Å². The van der Waals surface area contributed by atoms with Gasteiger partial charge in [0.15, 0.2) is 0 Å². The van der Waals surface area contributed by atoms with Gasteiger partial charge in [-0.05, 0) is 42.7 Å². The smallest absolute Gasteiger partial charge is 0.257 e. The second-order valence-corrected chi connectivity index (χ2v) is 9.79. The Kier molecular flexibility index (Phi) is 5.93. The number of hydrogen-bond acceptors (Lipinski definition) is 4. The van der Waals surface area contributed by atoms with E-state index in [1.54, 1.807) is 34.1 Å². The molecule has 0 atom stereocenters. The summed E-state index contributed by atoms with van der Waals surface area (Å²) >= 11 is 0. The van der Waals surface area contributed by atoms with Crippen LogP contribution in [0.2, 0.25) is 0 Å². The zero-order valence-corrected chi connectivity index (χ0v) is 18.5. The minimum Gasteiger partial charge on any atom is -0.336 e. The number of aryl methyl sites for hydroxylation is 2. The van der Waals surface area contributed by atoms with Gasteiger partial charge in [0.05, 0.1) is 23.2 Å². The highest BCUT2D eigenvalue weighted by atomic mass is 32.2. The standard InChI is InChI=1S/C23H26N4O3S/c1-18-8-9-22(14-19(18)2)31(29,30)27-12-10-25(11-13-27)23(28)21-15-24-26(17-21)16-20-6-4-3-5-7-20/h3-9,14-15,17H,10-13,16H2,1-2H3. The van der Waals surface area contributed by atoms with E-state index in [0.29, 0.717) is 30.1 Å². The molecule has 0 saturated carbocycles. The number of hydrogen-bond donors (Lipinski definition) is 0. The van der Waals surface area contributed by atoms with E-state index in [-0.39, 0.29) is 19.0 Å². The van der Waals surface area contributed by atoms with Crippen molar-refractivity contribution < 1.29 is 13.2 Å². The number of rotatable bonds is 5. The number of nitrogens with zero attached hydrogens (tertiary/aromatic N) is 4. The summed E-state index contributed by atoms with van der Waals surface area (Å²) in [4.78, 5) is 14.9. The molecule has 0 N–H and O–H groups in total. The van der Waals surface area contributed by atoms with Crippen LogP contribution in [0.5, 0.6) is 0 Å². The molecule has 4 rings (SSSR count). The van der Waals surface area contributed by atoms with Gasteiger partial charge >= 0.3 is 0 Å². The van der Waals surface area contributed by atoms with Crippen molar-refractivity contribution in [2.75, 3.05) is 26.2 Å². The third kappa shape index (κ3) is 4.55. The maximum Gasteiger partial charge on any atom is 0.257 e. The van der Waals surface area contributed by atoms with Gasteiger partial charge in [0.1, 0.15) is 0 Å². The van der Waals surface area contributed by atoms with E-state index in [0.717, 1.165) is 16.7 Å². The van der Waals surface area contributed by atoms with E-state index in [9.17, 15) is 13.2 Å². The Morgan fingerprint density at radius 2 is 1.68 bits per heavy atom. The van der Waals surface area contributed by atoms with Crippen molar-refractivity contribution >= 4 is 15.9 Å². The number of carbonyl (C=O) groups excluding carboxylic acids is 1. The Morgan fingerprint density at radius 3 is 2.35 bits per heavy atom. The maximum atomic E-state index is 13.0. The van der Waals surface area contributed by atoms with Crippen molar-refractivity contribution in [1.82, 2.24) is 19.0 Å². The first-order valence-electron chi connectivity index (χ1n) is 10.3. The molecule has 1 amide bonds. The minimum atomic E-state index is -3.57. The molecular formula is C23H26N4O3S. The van der Waals surface area contributed by atoms with Crippen molar-refractivity contribution in [3.8, 4) is 0 Å². The van der Waals surface area contributed by atoms with Crippen LogP contribution in [0.3, 0.4) is 0 Å². The number of amides is 1. The Labute approximate surface area is 183 Å². The second-order valence-electron chi connectivity index (χ2n) is 7.85. The number of sulfonamides is 1. The van der Waals surface area contributed by atoms with Crippen LogP contribution >= 0.6 is 0 Å². The SMILES string of the molecule is Cc1ccc(S(=O)(=O)N2CCN(C(=O)c3cnn(Cc4ccccc4)c3)CC2)cc1C. The van der Waals surface area contributed by atoms with Gasteiger partial charge in [-0.1, -0.05) is 36.4 Å². The van der Waals surface area contributed by atoms with E-state index < -0.39 is 10.0 Å². The molecule has 1 aliphatic heterocycles. The van der Waals surface area contributed by atoms with Crippen LogP contribution in [0.15, 0.2) is 65.8 Å². The van der Waals surface area contributed by atoms with Crippen LogP contribution in [-0.4, -0.2) is 59.5 Å². The van der Waals surface area contributed by atoms with Gasteiger partial charge in [-0.3, -0.25) is 9.48 Å². The molecule has 8 heteroatoms. The second kappa shape index (κ2) is 8.64.